The Hall–Kier alpha value is -3.06. The van der Waals surface area contributed by atoms with Crippen molar-refractivity contribution in [3.05, 3.63) is 60.2 Å². The van der Waals surface area contributed by atoms with E-state index in [9.17, 15) is 9.59 Å². The second-order valence-corrected chi connectivity index (χ2v) is 5.27. The SMILES string of the molecule is O=C(NCCCCOc1ccc(C(=O)NO)cc1)Nc1ccccc1. The number of rotatable bonds is 8. The highest BCUT2D eigenvalue weighted by Crippen LogP contribution is 2.12. The van der Waals surface area contributed by atoms with Crippen LogP contribution < -0.4 is 20.9 Å². The number of unbranched alkanes of at least 4 members (excludes halogenated alkanes) is 1. The summed E-state index contributed by atoms with van der Waals surface area (Å²) in [7, 11) is 0. The second kappa shape index (κ2) is 9.94. The molecule has 4 N–H and O–H groups in total. The molecule has 0 atom stereocenters. The lowest BCUT2D eigenvalue weighted by atomic mass is 10.2. The molecule has 0 radical (unpaired) electrons. The van der Waals surface area contributed by atoms with E-state index in [1.165, 1.54) is 0 Å². The zero-order chi connectivity index (χ0) is 17.9. The number of nitrogens with one attached hydrogen (secondary N) is 3. The average Bonchev–Trinajstić information content (AvgIpc) is 2.65. The summed E-state index contributed by atoms with van der Waals surface area (Å²) in [6.45, 7) is 1.06. The number of hydrogen-bond acceptors (Lipinski definition) is 4. The monoisotopic (exact) mass is 343 g/mol. The fourth-order valence-corrected chi connectivity index (χ4v) is 2.08. The number of ether oxygens (including phenoxy) is 1. The maximum absolute atomic E-state index is 11.7. The summed E-state index contributed by atoms with van der Waals surface area (Å²) in [5.74, 6) is 0.0793. The van der Waals surface area contributed by atoms with Crippen LogP contribution in [0.15, 0.2) is 54.6 Å². The van der Waals surface area contributed by atoms with E-state index in [4.69, 9.17) is 9.94 Å². The summed E-state index contributed by atoms with van der Waals surface area (Å²) >= 11 is 0. The third kappa shape index (κ3) is 6.52. The Bertz CT molecular complexity index is 674. The quantitative estimate of drug-likeness (QED) is 0.336. The Morgan fingerprint density at radius 1 is 0.960 bits per heavy atom. The number of anilines is 1. The first-order valence-corrected chi connectivity index (χ1v) is 7.96. The second-order valence-electron chi connectivity index (χ2n) is 5.27. The van der Waals surface area contributed by atoms with Crippen LogP contribution in [0.5, 0.6) is 5.75 Å². The predicted octanol–water partition coefficient (Wildman–Crippen LogP) is 2.79. The van der Waals surface area contributed by atoms with Crippen LogP contribution >= 0.6 is 0 Å². The number of hydroxylamine groups is 1. The molecule has 0 aliphatic rings. The number of carbonyl (C=O) groups is 2. The van der Waals surface area contributed by atoms with Crippen LogP contribution in [0.2, 0.25) is 0 Å². The molecule has 0 fully saturated rings. The standard InChI is InChI=1S/C18H21N3O4/c22-17(21-24)14-8-10-16(11-9-14)25-13-5-4-12-19-18(23)20-15-6-2-1-3-7-15/h1-3,6-11,24H,4-5,12-13H2,(H,21,22)(H2,19,20,23). The maximum Gasteiger partial charge on any atom is 0.319 e. The Labute approximate surface area is 146 Å². The van der Waals surface area contributed by atoms with Crippen LogP contribution in [0.1, 0.15) is 23.2 Å². The van der Waals surface area contributed by atoms with E-state index >= 15 is 0 Å². The molecule has 7 nitrogen and oxygen atoms in total. The molecule has 0 saturated heterocycles. The highest BCUT2D eigenvalue weighted by atomic mass is 16.5. The van der Waals surface area contributed by atoms with Crippen molar-refractivity contribution in [2.24, 2.45) is 0 Å². The largest absolute Gasteiger partial charge is 0.494 e. The van der Waals surface area contributed by atoms with E-state index in [-0.39, 0.29) is 6.03 Å². The predicted molar refractivity (Wildman–Crippen MR) is 93.9 cm³/mol. The van der Waals surface area contributed by atoms with Crippen LogP contribution in [-0.4, -0.2) is 30.3 Å². The number of carbonyl (C=O) groups excluding carboxylic acids is 2. The van der Waals surface area contributed by atoms with Gasteiger partial charge in [0.25, 0.3) is 5.91 Å². The van der Waals surface area contributed by atoms with E-state index < -0.39 is 5.91 Å². The van der Waals surface area contributed by atoms with Crippen molar-refractivity contribution in [3.63, 3.8) is 0 Å². The molecule has 2 rings (SSSR count). The van der Waals surface area contributed by atoms with Gasteiger partial charge in [-0.1, -0.05) is 18.2 Å². The van der Waals surface area contributed by atoms with Crippen molar-refractivity contribution in [1.29, 1.82) is 0 Å². The van der Waals surface area contributed by atoms with Gasteiger partial charge in [0.05, 0.1) is 6.61 Å². The maximum atomic E-state index is 11.7. The van der Waals surface area contributed by atoms with Crippen LogP contribution in [0.3, 0.4) is 0 Å². The fraction of sp³-hybridized carbons (Fsp3) is 0.222. The number of urea groups is 1. The minimum atomic E-state index is -0.564. The van der Waals surface area contributed by atoms with Gasteiger partial charge in [-0.15, -0.1) is 0 Å². The number of para-hydroxylation sites is 1. The molecule has 0 spiro atoms. The van der Waals surface area contributed by atoms with Crippen molar-refractivity contribution in [3.8, 4) is 5.75 Å². The van der Waals surface area contributed by atoms with Gasteiger partial charge < -0.3 is 15.4 Å². The Kier molecular flexibility index (Phi) is 7.27. The lowest BCUT2D eigenvalue weighted by Gasteiger charge is -2.09. The van der Waals surface area contributed by atoms with Crippen LogP contribution in [0.4, 0.5) is 10.5 Å². The van der Waals surface area contributed by atoms with Crippen molar-refractivity contribution in [2.45, 2.75) is 12.8 Å². The van der Waals surface area contributed by atoms with E-state index in [0.717, 1.165) is 18.5 Å². The van der Waals surface area contributed by atoms with E-state index in [2.05, 4.69) is 10.6 Å². The summed E-state index contributed by atoms with van der Waals surface area (Å²) in [6.07, 6.45) is 1.57. The molecule has 2 aromatic carbocycles. The minimum Gasteiger partial charge on any atom is -0.494 e. The summed E-state index contributed by atoms with van der Waals surface area (Å²) in [4.78, 5) is 22.9. The van der Waals surface area contributed by atoms with Gasteiger partial charge in [0.15, 0.2) is 0 Å². The topological polar surface area (TPSA) is 99.7 Å². The molecule has 0 bridgehead atoms. The van der Waals surface area contributed by atoms with Crippen LogP contribution in [0, 0.1) is 0 Å². The third-order valence-electron chi connectivity index (χ3n) is 3.38. The molecule has 0 heterocycles. The lowest BCUT2D eigenvalue weighted by molar-refractivity contribution is 0.0706. The molecule has 0 aliphatic heterocycles. The van der Waals surface area contributed by atoms with Gasteiger partial charge in [-0.3, -0.25) is 10.0 Å². The molecule has 0 saturated carbocycles. The zero-order valence-corrected chi connectivity index (χ0v) is 13.7. The lowest BCUT2D eigenvalue weighted by Crippen LogP contribution is -2.29. The van der Waals surface area contributed by atoms with Gasteiger partial charge in [0, 0.05) is 17.8 Å². The van der Waals surface area contributed by atoms with Gasteiger partial charge in [0.2, 0.25) is 0 Å². The summed E-state index contributed by atoms with van der Waals surface area (Å²) in [5.41, 5.74) is 2.67. The van der Waals surface area contributed by atoms with E-state index in [1.807, 2.05) is 30.3 Å². The smallest absolute Gasteiger partial charge is 0.319 e. The Balaban J connectivity index is 1.57. The van der Waals surface area contributed by atoms with Crippen molar-refractivity contribution in [2.75, 3.05) is 18.5 Å². The van der Waals surface area contributed by atoms with Gasteiger partial charge in [-0.2, -0.15) is 0 Å². The zero-order valence-electron chi connectivity index (χ0n) is 13.7. The third-order valence-corrected chi connectivity index (χ3v) is 3.38. The van der Waals surface area contributed by atoms with Crippen LogP contribution in [-0.2, 0) is 0 Å². The number of benzene rings is 2. The average molecular weight is 343 g/mol. The van der Waals surface area contributed by atoms with Gasteiger partial charge >= 0.3 is 6.03 Å². The first-order valence-electron chi connectivity index (χ1n) is 7.96. The number of hydrogen-bond donors (Lipinski definition) is 4. The highest BCUT2D eigenvalue weighted by molar-refractivity contribution is 5.93. The molecule has 25 heavy (non-hydrogen) atoms. The molecule has 3 amide bonds. The molecular formula is C18H21N3O4. The molecule has 0 unspecified atom stereocenters. The van der Waals surface area contributed by atoms with Crippen molar-refractivity contribution in [1.82, 2.24) is 10.8 Å². The Morgan fingerprint density at radius 2 is 1.68 bits per heavy atom. The van der Waals surface area contributed by atoms with Gasteiger partial charge in [-0.05, 0) is 49.2 Å². The molecule has 132 valence electrons. The molecule has 2 aromatic rings. The molecule has 0 aromatic heterocycles. The van der Waals surface area contributed by atoms with Crippen molar-refractivity contribution >= 4 is 17.6 Å². The summed E-state index contributed by atoms with van der Waals surface area (Å²) < 4.78 is 5.55. The van der Waals surface area contributed by atoms with E-state index in [1.54, 1.807) is 29.7 Å². The minimum absolute atomic E-state index is 0.232. The van der Waals surface area contributed by atoms with Crippen molar-refractivity contribution < 1.29 is 19.5 Å². The molecule has 7 heteroatoms. The normalized spacial score (nSPS) is 9.96. The highest BCUT2D eigenvalue weighted by Gasteiger charge is 2.04. The van der Waals surface area contributed by atoms with Gasteiger partial charge in [-0.25, -0.2) is 10.3 Å². The fourth-order valence-electron chi connectivity index (χ4n) is 2.08. The molecular weight excluding hydrogens is 322 g/mol. The first kappa shape index (κ1) is 18.3. The molecule has 0 aliphatic carbocycles. The summed E-state index contributed by atoms with van der Waals surface area (Å²) in [6, 6.07) is 15.5. The summed E-state index contributed by atoms with van der Waals surface area (Å²) in [5, 5.41) is 14.1. The Morgan fingerprint density at radius 3 is 2.36 bits per heavy atom. The number of amides is 3. The van der Waals surface area contributed by atoms with Gasteiger partial charge in [0.1, 0.15) is 5.75 Å². The first-order chi connectivity index (χ1) is 12.2. The van der Waals surface area contributed by atoms with E-state index in [0.29, 0.717) is 24.5 Å². The van der Waals surface area contributed by atoms with Crippen LogP contribution in [0.25, 0.3) is 0 Å².